The van der Waals surface area contributed by atoms with Crippen molar-refractivity contribution in [1.82, 2.24) is 0 Å². The summed E-state index contributed by atoms with van der Waals surface area (Å²) < 4.78 is 17.3. The second kappa shape index (κ2) is 8.56. The van der Waals surface area contributed by atoms with Crippen LogP contribution >= 0.6 is 0 Å². The van der Waals surface area contributed by atoms with Crippen molar-refractivity contribution in [2.24, 2.45) is 0 Å². The maximum absolute atomic E-state index is 10.3. The maximum Gasteiger partial charge on any atom is 0.183 e. The van der Waals surface area contributed by atoms with Crippen molar-refractivity contribution in [3.05, 3.63) is 71.8 Å². The Morgan fingerprint density at radius 1 is 0.800 bits per heavy atom. The minimum atomic E-state index is -1.28. The Balaban J connectivity index is 1.67. The lowest BCUT2D eigenvalue weighted by Gasteiger charge is -2.41. The molecule has 5 atom stereocenters. The summed E-state index contributed by atoms with van der Waals surface area (Å²) in [7, 11) is 0. The normalized spacial score (nSPS) is 29.5. The zero-order valence-corrected chi connectivity index (χ0v) is 14.2. The molecule has 1 heterocycles. The summed E-state index contributed by atoms with van der Waals surface area (Å²) in [6.07, 6.45) is -4.01. The molecule has 2 aromatic carbocycles. The maximum atomic E-state index is 10.3. The van der Waals surface area contributed by atoms with Crippen LogP contribution in [0.5, 0.6) is 0 Å². The molecule has 2 N–H and O–H groups in total. The van der Waals surface area contributed by atoms with Crippen LogP contribution in [0.25, 0.3) is 0 Å². The van der Waals surface area contributed by atoms with Gasteiger partial charge in [0.2, 0.25) is 0 Å². The Morgan fingerprint density at radius 3 is 1.80 bits per heavy atom. The van der Waals surface area contributed by atoms with E-state index in [4.69, 9.17) is 14.2 Å². The smallest absolute Gasteiger partial charge is 0.183 e. The summed E-state index contributed by atoms with van der Waals surface area (Å²) in [5.74, 6) is 0. The molecule has 0 amide bonds. The van der Waals surface area contributed by atoms with Crippen LogP contribution in [-0.4, -0.2) is 40.9 Å². The highest BCUT2D eigenvalue weighted by Gasteiger charge is 2.44. The van der Waals surface area contributed by atoms with Crippen molar-refractivity contribution in [3.8, 4) is 0 Å². The Bertz CT molecular complexity index is 633. The molecular weight excluding hydrogens is 320 g/mol. The van der Waals surface area contributed by atoms with E-state index in [9.17, 15) is 10.2 Å². The molecule has 1 aliphatic rings. The fraction of sp³-hybridized carbons (Fsp3) is 0.400. The molecule has 3 rings (SSSR count). The number of aliphatic hydroxyl groups excluding tert-OH is 2. The van der Waals surface area contributed by atoms with Gasteiger partial charge in [-0.15, -0.1) is 0 Å². The highest BCUT2D eigenvalue weighted by Crippen LogP contribution is 2.26. The van der Waals surface area contributed by atoms with Gasteiger partial charge in [-0.25, -0.2) is 0 Å². The third kappa shape index (κ3) is 4.66. The van der Waals surface area contributed by atoms with Gasteiger partial charge in [-0.2, -0.15) is 0 Å². The van der Waals surface area contributed by atoms with Crippen LogP contribution < -0.4 is 0 Å². The van der Waals surface area contributed by atoms with Gasteiger partial charge in [0.1, 0.15) is 18.3 Å². The standard InChI is InChI=1S/C20H24O5/c1-14-18(23-12-15-8-4-2-5-9-15)19(17(21)20(22)25-14)24-13-16-10-6-3-7-11-16/h2-11,14,17-22H,12-13H2,1H3/t14-,17+,18-,19-,20?/m1/s1. The first kappa shape index (κ1) is 18.0. The van der Waals surface area contributed by atoms with Crippen LogP contribution in [0.1, 0.15) is 18.1 Å². The number of hydrogen-bond donors (Lipinski definition) is 2. The molecule has 1 fully saturated rings. The quantitative estimate of drug-likeness (QED) is 0.841. The molecule has 134 valence electrons. The van der Waals surface area contributed by atoms with Crippen molar-refractivity contribution < 1.29 is 24.4 Å². The van der Waals surface area contributed by atoms with E-state index in [2.05, 4.69) is 0 Å². The Labute approximate surface area is 147 Å². The van der Waals surface area contributed by atoms with Gasteiger partial charge in [0.25, 0.3) is 0 Å². The molecule has 1 unspecified atom stereocenters. The number of aliphatic hydroxyl groups is 2. The van der Waals surface area contributed by atoms with E-state index in [0.717, 1.165) is 11.1 Å². The van der Waals surface area contributed by atoms with E-state index in [1.165, 1.54) is 0 Å². The van der Waals surface area contributed by atoms with E-state index in [-0.39, 0.29) is 0 Å². The van der Waals surface area contributed by atoms with Gasteiger partial charge < -0.3 is 24.4 Å². The second-order valence-corrected chi connectivity index (χ2v) is 6.24. The molecule has 0 aromatic heterocycles. The lowest BCUT2D eigenvalue weighted by atomic mass is 9.99. The number of hydrogen-bond acceptors (Lipinski definition) is 5. The molecule has 5 heteroatoms. The zero-order valence-electron chi connectivity index (χ0n) is 14.2. The van der Waals surface area contributed by atoms with Crippen molar-refractivity contribution in [2.75, 3.05) is 0 Å². The molecule has 5 nitrogen and oxygen atoms in total. The van der Waals surface area contributed by atoms with E-state index >= 15 is 0 Å². The third-order valence-electron chi connectivity index (χ3n) is 4.34. The lowest BCUT2D eigenvalue weighted by molar-refractivity contribution is -0.297. The monoisotopic (exact) mass is 344 g/mol. The molecule has 0 radical (unpaired) electrons. The van der Waals surface area contributed by atoms with Gasteiger partial charge in [-0.3, -0.25) is 0 Å². The van der Waals surface area contributed by atoms with E-state index in [1.807, 2.05) is 67.6 Å². The van der Waals surface area contributed by atoms with E-state index in [1.54, 1.807) is 0 Å². The molecule has 0 spiro atoms. The summed E-state index contributed by atoms with van der Waals surface area (Å²) in [4.78, 5) is 0. The second-order valence-electron chi connectivity index (χ2n) is 6.24. The fourth-order valence-electron chi connectivity index (χ4n) is 2.96. The van der Waals surface area contributed by atoms with Crippen LogP contribution in [0, 0.1) is 0 Å². The van der Waals surface area contributed by atoms with Crippen LogP contribution in [0.15, 0.2) is 60.7 Å². The Morgan fingerprint density at radius 2 is 1.28 bits per heavy atom. The van der Waals surface area contributed by atoms with Crippen LogP contribution in [0.4, 0.5) is 0 Å². The first-order valence-electron chi connectivity index (χ1n) is 8.48. The van der Waals surface area contributed by atoms with Gasteiger partial charge in [0.15, 0.2) is 6.29 Å². The van der Waals surface area contributed by atoms with Crippen molar-refractivity contribution >= 4 is 0 Å². The molecule has 0 saturated carbocycles. The number of ether oxygens (including phenoxy) is 3. The molecule has 1 aliphatic heterocycles. The van der Waals surface area contributed by atoms with Gasteiger partial charge in [-0.1, -0.05) is 60.7 Å². The predicted molar refractivity (Wildman–Crippen MR) is 92.6 cm³/mol. The highest BCUT2D eigenvalue weighted by molar-refractivity contribution is 5.14. The SMILES string of the molecule is C[C@H]1OC(O)[C@@H](O)[C@@H](OCc2ccccc2)[C@@H]1OCc1ccccc1. The molecule has 2 aromatic rings. The molecule has 0 aliphatic carbocycles. The zero-order chi connectivity index (χ0) is 17.6. The average Bonchev–Trinajstić information content (AvgIpc) is 2.64. The Kier molecular flexibility index (Phi) is 6.18. The van der Waals surface area contributed by atoms with Crippen LogP contribution in [-0.2, 0) is 27.4 Å². The largest absolute Gasteiger partial charge is 0.385 e. The average molecular weight is 344 g/mol. The number of benzene rings is 2. The summed E-state index contributed by atoms with van der Waals surface area (Å²) in [6, 6.07) is 19.5. The number of rotatable bonds is 6. The predicted octanol–water partition coefficient (Wildman–Crippen LogP) is 2.26. The molecule has 25 heavy (non-hydrogen) atoms. The third-order valence-corrected chi connectivity index (χ3v) is 4.34. The summed E-state index contributed by atoms with van der Waals surface area (Å²) in [5.41, 5.74) is 2.02. The van der Waals surface area contributed by atoms with Gasteiger partial charge in [0, 0.05) is 0 Å². The van der Waals surface area contributed by atoms with Gasteiger partial charge >= 0.3 is 0 Å². The van der Waals surface area contributed by atoms with Crippen LogP contribution in [0.2, 0.25) is 0 Å². The first-order valence-corrected chi connectivity index (χ1v) is 8.48. The molecule has 0 bridgehead atoms. The summed E-state index contributed by atoms with van der Waals surface area (Å²) in [5, 5.41) is 20.2. The summed E-state index contributed by atoms with van der Waals surface area (Å²) in [6.45, 7) is 2.52. The fourth-order valence-corrected chi connectivity index (χ4v) is 2.96. The lowest BCUT2D eigenvalue weighted by Crippen LogP contribution is -2.58. The molecular formula is C20H24O5. The van der Waals surface area contributed by atoms with E-state index in [0.29, 0.717) is 13.2 Å². The van der Waals surface area contributed by atoms with Crippen LogP contribution in [0.3, 0.4) is 0 Å². The minimum absolute atomic E-state index is 0.327. The van der Waals surface area contributed by atoms with Gasteiger partial charge in [0.05, 0.1) is 19.3 Å². The van der Waals surface area contributed by atoms with Gasteiger partial charge in [-0.05, 0) is 18.1 Å². The van der Waals surface area contributed by atoms with Crippen molar-refractivity contribution in [2.45, 2.75) is 50.8 Å². The highest BCUT2D eigenvalue weighted by atomic mass is 16.7. The Hall–Kier alpha value is -1.76. The first-order chi connectivity index (χ1) is 12.1. The molecule has 1 saturated heterocycles. The summed E-state index contributed by atoms with van der Waals surface area (Å²) >= 11 is 0. The van der Waals surface area contributed by atoms with E-state index < -0.39 is 30.7 Å². The topological polar surface area (TPSA) is 68.2 Å². The van der Waals surface area contributed by atoms with Crippen molar-refractivity contribution in [3.63, 3.8) is 0 Å². The van der Waals surface area contributed by atoms with Crippen molar-refractivity contribution in [1.29, 1.82) is 0 Å². The minimum Gasteiger partial charge on any atom is -0.385 e.